The minimum Gasteiger partial charge on any atom is -0.493 e. The molecule has 0 saturated carbocycles. The van der Waals surface area contributed by atoms with E-state index in [0.29, 0.717) is 5.76 Å². The van der Waals surface area contributed by atoms with Crippen molar-refractivity contribution in [2.24, 2.45) is 0 Å². The van der Waals surface area contributed by atoms with Crippen LogP contribution in [0.2, 0.25) is 0 Å². The summed E-state index contributed by atoms with van der Waals surface area (Å²) in [4.78, 5) is 0. The number of unbranched alkanes of at least 4 members (excludes halogenated alkanes) is 1. The van der Waals surface area contributed by atoms with Crippen molar-refractivity contribution in [3.63, 3.8) is 0 Å². The fourth-order valence-corrected chi connectivity index (χ4v) is 0.696. The molecule has 0 unspecified atom stereocenters. The molecular weight excluding hydrogens is 140 g/mol. The summed E-state index contributed by atoms with van der Waals surface area (Å²) < 4.78 is 10.1. The third kappa shape index (κ3) is 3.12. The minimum atomic E-state index is 0.681. The molecule has 11 heavy (non-hydrogen) atoms. The van der Waals surface area contributed by atoms with E-state index in [1.165, 1.54) is 0 Å². The van der Waals surface area contributed by atoms with Crippen LogP contribution in [-0.4, -0.2) is 6.61 Å². The molecule has 0 N–H and O–H groups in total. The quantitative estimate of drug-likeness (QED) is 0.575. The second-order valence-corrected chi connectivity index (χ2v) is 2.28. The maximum atomic E-state index is 5.30. The van der Waals surface area contributed by atoms with Crippen LogP contribution >= 0.6 is 0 Å². The Hall–Kier alpha value is -0.920. The largest absolute Gasteiger partial charge is 0.493 e. The summed E-state index contributed by atoms with van der Waals surface area (Å²) >= 11 is 0. The highest BCUT2D eigenvalue weighted by atomic mass is 16.5. The Kier molecular flexibility index (Phi) is 3.59. The summed E-state index contributed by atoms with van der Waals surface area (Å²) in [6.07, 6.45) is 7.40. The molecule has 0 bridgehead atoms. The number of rotatable bonds is 4. The average molecular weight is 152 g/mol. The predicted octanol–water partition coefficient (Wildman–Crippen LogP) is 2.27. The molecule has 2 radical (unpaired) electrons. The van der Waals surface area contributed by atoms with Gasteiger partial charge in [-0.15, -0.1) is 0 Å². The van der Waals surface area contributed by atoms with Gasteiger partial charge < -0.3 is 9.47 Å². The lowest BCUT2D eigenvalue weighted by Crippen LogP contribution is -1.98. The lowest BCUT2D eigenvalue weighted by atomic mass is 10.3. The van der Waals surface area contributed by atoms with Gasteiger partial charge in [0, 0.05) is 0 Å². The number of allylic oxidation sites excluding steroid dienone is 2. The van der Waals surface area contributed by atoms with Gasteiger partial charge in [-0.2, -0.15) is 0 Å². The minimum absolute atomic E-state index is 0.681. The SMILES string of the molecule is CCCCOC1=CC=CO[C]1. The molecule has 60 valence electrons. The average Bonchev–Trinajstić information content (AvgIpc) is 2.07. The van der Waals surface area contributed by atoms with Crippen molar-refractivity contribution in [1.82, 2.24) is 0 Å². The van der Waals surface area contributed by atoms with Gasteiger partial charge >= 0.3 is 0 Å². The Labute approximate surface area is 67.5 Å². The Morgan fingerprint density at radius 2 is 2.55 bits per heavy atom. The first-order valence-corrected chi connectivity index (χ1v) is 3.85. The van der Waals surface area contributed by atoms with E-state index in [1.807, 2.05) is 6.08 Å². The highest BCUT2D eigenvalue weighted by Crippen LogP contribution is 2.09. The standard InChI is InChI=1S/C9H12O2/c1-2-3-7-11-9-5-4-6-10-8-9/h4-6H,2-3,7H2,1H3. The Morgan fingerprint density at radius 1 is 1.64 bits per heavy atom. The van der Waals surface area contributed by atoms with E-state index >= 15 is 0 Å². The van der Waals surface area contributed by atoms with Crippen LogP contribution in [0.5, 0.6) is 0 Å². The zero-order chi connectivity index (χ0) is 7.94. The van der Waals surface area contributed by atoms with Crippen molar-refractivity contribution in [3.05, 3.63) is 30.8 Å². The maximum Gasteiger partial charge on any atom is 0.266 e. The Bertz CT molecular complexity index is 159. The van der Waals surface area contributed by atoms with Crippen LogP contribution < -0.4 is 0 Å². The fraction of sp³-hybridized carbons (Fsp3) is 0.444. The second kappa shape index (κ2) is 4.83. The molecule has 0 atom stereocenters. The van der Waals surface area contributed by atoms with Crippen LogP contribution in [0, 0.1) is 6.61 Å². The molecule has 0 amide bonds. The molecule has 0 saturated heterocycles. The highest BCUT2D eigenvalue weighted by Gasteiger charge is 2.02. The van der Waals surface area contributed by atoms with Crippen LogP contribution in [-0.2, 0) is 9.47 Å². The van der Waals surface area contributed by atoms with Gasteiger partial charge in [0.25, 0.3) is 6.61 Å². The lowest BCUT2D eigenvalue weighted by Gasteiger charge is -2.09. The van der Waals surface area contributed by atoms with Crippen LogP contribution in [0.4, 0.5) is 0 Å². The van der Waals surface area contributed by atoms with Gasteiger partial charge in [-0.05, 0) is 18.6 Å². The molecule has 0 fully saturated rings. The van der Waals surface area contributed by atoms with E-state index in [9.17, 15) is 0 Å². The van der Waals surface area contributed by atoms with Crippen LogP contribution in [0.15, 0.2) is 24.2 Å². The molecule has 0 aromatic carbocycles. The molecule has 0 aliphatic carbocycles. The maximum absolute atomic E-state index is 5.30. The monoisotopic (exact) mass is 152 g/mol. The molecule has 0 spiro atoms. The third-order valence-corrected chi connectivity index (χ3v) is 1.31. The fourth-order valence-electron chi connectivity index (χ4n) is 0.696. The van der Waals surface area contributed by atoms with Crippen molar-refractivity contribution >= 4 is 0 Å². The van der Waals surface area contributed by atoms with E-state index in [4.69, 9.17) is 9.47 Å². The van der Waals surface area contributed by atoms with Crippen molar-refractivity contribution < 1.29 is 9.47 Å². The lowest BCUT2D eigenvalue weighted by molar-refractivity contribution is 0.176. The number of hydrogen-bond acceptors (Lipinski definition) is 2. The van der Waals surface area contributed by atoms with Crippen molar-refractivity contribution in [2.45, 2.75) is 19.8 Å². The zero-order valence-corrected chi connectivity index (χ0v) is 6.67. The van der Waals surface area contributed by atoms with Gasteiger partial charge in [-0.1, -0.05) is 13.3 Å². The van der Waals surface area contributed by atoms with E-state index in [-0.39, 0.29) is 0 Å². The first-order chi connectivity index (χ1) is 5.43. The second-order valence-electron chi connectivity index (χ2n) is 2.28. The molecule has 1 heterocycles. The molecule has 1 aliphatic rings. The van der Waals surface area contributed by atoms with Gasteiger partial charge in [-0.3, -0.25) is 0 Å². The zero-order valence-electron chi connectivity index (χ0n) is 6.67. The van der Waals surface area contributed by atoms with E-state index in [2.05, 4.69) is 13.5 Å². The van der Waals surface area contributed by atoms with Gasteiger partial charge in [-0.25, -0.2) is 0 Å². The van der Waals surface area contributed by atoms with Gasteiger partial charge in [0.2, 0.25) is 0 Å². The topological polar surface area (TPSA) is 18.5 Å². The third-order valence-electron chi connectivity index (χ3n) is 1.31. The van der Waals surface area contributed by atoms with Crippen molar-refractivity contribution in [3.8, 4) is 0 Å². The smallest absolute Gasteiger partial charge is 0.266 e. The molecule has 1 rings (SSSR count). The van der Waals surface area contributed by atoms with Gasteiger partial charge in [0.05, 0.1) is 12.9 Å². The molecule has 2 heteroatoms. The van der Waals surface area contributed by atoms with Crippen molar-refractivity contribution in [2.75, 3.05) is 6.61 Å². The predicted molar refractivity (Wildman–Crippen MR) is 42.4 cm³/mol. The van der Waals surface area contributed by atoms with E-state index < -0.39 is 0 Å². The number of ether oxygens (including phenoxy) is 2. The normalized spacial score (nSPS) is 15.5. The van der Waals surface area contributed by atoms with Crippen molar-refractivity contribution in [1.29, 1.82) is 0 Å². The summed E-state index contributed by atoms with van der Waals surface area (Å²) in [5.74, 6) is 0.681. The molecule has 2 nitrogen and oxygen atoms in total. The molecule has 1 aliphatic heterocycles. The van der Waals surface area contributed by atoms with E-state index in [1.54, 1.807) is 12.3 Å². The van der Waals surface area contributed by atoms with E-state index in [0.717, 1.165) is 19.4 Å². The highest BCUT2D eigenvalue weighted by molar-refractivity contribution is 5.14. The summed E-state index contributed by atoms with van der Waals surface area (Å²) in [5, 5.41) is 0. The summed E-state index contributed by atoms with van der Waals surface area (Å²) in [7, 11) is 0. The van der Waals surface area contributed by atoms with Gasteiger partial charge in [0.15, 0.2) is 0 Å². The Balaban J connectivity index is 2.15. The summed E-state index contributed by atoms with van der Waals surface area (Å²) in [5.41, 5.74) is 0. The summed E-state index contributed by atoms with van der Waals surface area (Å²) in [6.45, 7) is 5.50. The summed E-state index contributed by atoms with van der Waals surface area (Å²) in [6, 6.07) is 0. The van der Waals surface area contributed by atoms with Crippen LogP contribution in [0.25, 0.3) is 0 Å². The Morgan fingerprint density at radius 3 is 3.18 bits per heavy atom. The molecule has 0 aromatic rings. The molecular formula is C9H12O2. The first kappa shape index (κ1) is 8.18. The van der Waals surface area contributed by atoms with Crippen LogP contribution in [0.1, 0.15) is 19.8 Å². The number of hydrogen-bond donors (Lipinski definition) is 0. The first-order valence-electron chi connectivity index (χ1n) is 3.85. The van der Waals surface area contributed by atoms with Gasteiger partial charge in [0.1, 0.15) is 5.76 Å². The van der Waals surface area contributed by atoms with Crippen LogP contribution in [0.3, 0.4) is 0 Å². The molecule has 0 aromatic heterocycles.